The minimum absolute atomic E-state index is 0.590. The summed E-state index contributed by atoms with van der Waals surface area (Å²) in [6, 6.07) is 0. The van der Waals surface area contributed by atoms with Gasteiger partial charge >= 0.3 is 0 Å². The molecule has 0 rings (SSSR count). The minimum Gasteiger partial charge on any atom is -0.370 e. The first-order valence-electron chi connectivity index (χ1n) is 5.66. The molecule has 0 saturated carbocycles. The Morgan fingerprint density at radius 1 is 1.00 bits per heavy atom. The largest absolute Gasteiger partial charge is 0.370 e. The average Bonchev–Trinajstić information content (AvgIpc) is 2.30. The minimum atomic E-state index is 0.590. The number of hydrogen-bond donors (Lipinski definition) is 1. The molecular weight excluding hydrogens is 188 g/mol. The van der Waals surface area contributed by atoms with E-state index in [9.17, 15) is 0 Å². The lowest BCUT2D eigenvalue weighted by molar-refractivity contribution is 0.355. The van der Waals surface area contributed by atoms with E-state index in [1.807, 2.05) is 53.7 Å². The highest BCUT2D eigenvalue weighted by Gasteiger charge is 1.99. The Morgan fingerprint density at radius 3 is 1.67 bits per heavy atom. The molecule has 0 aromatic carbocycles. The third kappa shape index (κ3) is 15.9. The van der Waals surface area contributed by atoms with Crippen LogP contribution in [0.4, 0.5) is 0 Å². The molecule has 0 saturated heterocycles. The van der Waals surface area contributed by atoms with Crippen molar-refractivity contribution < 1.29 is 0 Å². The van der Waals surface area contributed by atoms with Crippen molar-refractivity contribution in [3.8, 4) is 0 Å². The van der Waals surface area contributed by atoms with Crippen molar-refractivity contribution in [3.63, 3.8) is 0 Å². The molecule has 2 N–H and O–H groups in total. The molecule has 0 heterocycles. The zero-order chi connectivity index (χ0) is 12.9. The van der Waals surface area contributed by atoms with E-state index in [0.717, 1.165) is 13.1 Å². The van der Waals surface area contributed by atoms with E-state index >= 15 is 0 Å². The first-order chi connectivity index (χ1) is 7.07. The summed E-state index contributed by atoms with van der Waals surface area (Å²) in [6.07, 6.45) is 0. The fourth-order valence-corrected chi connectivity index (χ4v) is 0.635. The topological polar surface area (TPSA) is 44.9 Å². The van der Waals surface area contributed by atoms with Gasteiger partial charge in [-0.3, -0.25) is 4.99 Å². The van der Waals surface area contributed by atoms with Crippen LogP contribution < -0.4 is 5.73 Å². The van der Waals surface area contributed by atoms with Gasteiger partial charge in [-0.1, -0.05) is 27.7 Å². The Hall–Kier alpha value is -0.770. The van der Waals surface area contributed by atoms with Crippen LogP contribution in [0.2, 0.25) is 0 Å². The number of aliphatic imine (C=N–C) groups is 1. The van der Waals surface area contributed by atoms with Crippen LogP contribution in [0, 0.1) is 0 Å². The Labute approximate surface area is 96.2 Å². The highest BCUT2D eigenvalue weighted by Crippen LogP contribution is 1.82. The zero-order valence-corrected chi connectivity index (χ0v) is 11.8. The van der Waals surface area contributed by atoms with Crippen molar-refractivity contribution in [1.82, 2.24) is 9.80 Å². The molecule has 4 heteroatoms. The molecule has 94 valence electrons. The Bertz CT molecular complexity index is 133. The maximum absolute atomic E-state index is 5.56. The van der Waals surface area contributed by atoms with Gasteiger partial charge in [0.25, 0.3) is 0 Å². The van der Waals surface area contributed by atoms with Gasteiger partial charge in [-0.05, 0) is 14.1 Å². The summed E-state index contributed by atoms with van der Waals surface area (Å²) >= 11 is 0. The van der Waals surface area contributed by atoms with Gasteiger partial charge in [0.15, 0.2) is 5.96 Å². The van der Waals surface area contributed by atoms with E-state index in [0.29, 0.717) is 5.96 Å². The number of nitrogens with zero attached hydrogens (tertiary/aromatic N) is 3. The van der Waals surface area contributed by atoms with Crippen molar-refractivity contribution in [2.75, 3.05) is 41.3 Å². The smallest absolute Gasteiger partial charge is 0.190 e. The van der Waals surface area contributed by atoms with Crippen LogP contribution in [-0.2, 0) is 0 Å². The zero-order valence-electron chi connectivity index (χ0n) is 11.8. The monoisotopic (exact) mass is 218 g/mol. The second-order valence-corrected chi connectivity index (χ2v) is 2.81. The fraction of sp³-hybridized carbons (Fsp3) is 0.909. The average molecular weight is 218 g/mol. The van der Waals surface area contributed by atoms with Crippen LogP contribution in [0.3, 0.4) is 0 Å². The summed E-state index contributed by atoms with van der Waals surface area (Å²) in [6.45, 7) is 9.91. The van der Waals surface area contributed by atoms with Crippen molar-refractivity contribution in [1.29, 1.82) is 0 Å². The molecule has 0 bridgehead atoms. The molecule has 0 aliphatic heterocycles. The Morgan fingerprint density at radius 2 is 1.40 bits per heavy atom. The lowest BCUT2D eigenvalue weighted by atomic mass is 10.5. The highest BCUT2D eigenvalue weighted by atomic mass is 15.2. The summed E-state index contributed by atoms with van der Waals surface area (Å²) in [4.78, 5) is 7.91. The van der Waals surface area contributed by atoms with Crippen LogP contribution in [0.1, 0.15) is 27.7 Å². The summed E-state index contributed by atoms with van der Waals surface area (Å²) in [5.74, 6) is 0.590. The Kier molecular flexibility index (Phi) is 20.7. The van der Waals surface area contributed by atoms with Crippen molar-refractivity contribution in [2.24, 2.45) is 10.7 Å². The van der Waals surface area contributed by atoms with Crippen molar-refractivity contribution in [3.05, 3.63) is 0 Å². The molecule has 0 spiro atoms. The molecule has 0 aromatic heterocycles. The van der Waals surface area contributed by atoms with Crippen LogP contribution in [0.15, 0.2) is 4.99 Å². The number of nitrogens with two attached hydrogens (primary N) is 1. The SMILES string of the molecule is CC.CC.CN=C(N)N(C)CCN(C)C. The van der Waals surface area contributed by atoms with Gasteiger partial charge in [-0.2, -0.15) is 0 Å². The first-order valence-corrected chi connectivity index (χ1v) is 5.66. The number of likely N-dealkylation sites (N-methyl/N-ethyl adjacent to an activating group) is 2. The maximum atomic E-state index is 5.56. The molecule has 0 aliphatic rings. The normalized spacial score (nSPS) is 9.80. The van der Waals surface area contributed by atoms with Crippen LogP contribution in [0.25, 0.3) is 0 Å². The highest BCUT2D eigenvalue weighted by molar-refractivity contribution is 5.77. The number of guanidine groups is 1. The standard InChI is InChI=1S/C7H18N4.2C2H6/c1-9-7(8)11(4)6-5-10(2)3;2*1-2/h5-6H2,1-4H3,(H2,8,9);2*1-2H3. The van der Waals surface area contributed by atoms with Gasteiger partial charge in [0.05, 0.1) is 0 Å². The van der Waals surface area contributed by atoms with Gasteiger partial charge in [0.1, 0.15) is 0 Å². The number of hydrogen-bond acceptors (Lipinski definition) is 2. The van der Waals surface area contributed by atoms with Gasteiger partial charge < -0.3 is 15.5 Å². The number of rotatable bonds is 3. The maximum Gasteiger partial charge on any atom is 0.190 e. The molecule has 4 nitrogen and oxygen atoms in total. The summed E-state index contributed by atoms with van der Waals surface area (Å²) in [7, 11) is 7.70. The first kappa shape index (κ1) is 19.7. The predicted molar refractivity (Wildman–Crippen MR) is 71.4 cm³/mol. The quantitative estimate of drug-likeness (QED) is 0.576. The van der Waals surface area contributed by atoms with E-state index in [1.54, 1.807) is 7.05 Å². The predicted octanol–water partition coefficient (Wildman–Crippen LogP) is 1.48. The lowest BCUT2D eigenvalue weighted by Crippen LogP contribution is -2.38. The van der Waals surface area contributed by atoms with Crippen molar-refractivity contribution >= 4 is 5.96 Å². The van der Waals surface area contributed by atoms with E-state index in [1.165, 1.54) is 0 Å². The van der Waals surface area contributed by atoms with Crippen molar-refractivity contribution in [2.45, 2.75) is 27.7 Å². The molecule has 0 atom stereocenters. The molecule has 0 unspecified atom stereocenters. The summed E-state index contributed by atoms with van der Waals surface area (Å²) in [5.41, 5.74) is 5.56. The molecule has 15 heavy (non-hydrogen) atoms. The molecule has 0 aliphatic carbocycles. The molecule has 0 radical (unpaired) electrons. The van der Waals surface area contributed by atoms with Gasteiger partial charge in [0, 0.05) is 27.2 Å². The van der Waals surface area contributed by atoms with Crippen LogP contribution in [0.5, 0.6) is 0 Å². The molecule has 0 amide bonds. The van der Waals surface area contributed by atoms with E-state index in [4.69, 9.17) is 5.73 Å². The van der Waals surface area contributed by atoms with E-state index < -0.39 is 0 Å². The summed E-state index contributed by atoms with van der Waals surface area (Å²) in [5, 5.41) is 0. The Balaban J connectivity index is -0.000000318. The van der Waals surface area contributed by atoms with Gasteiger partial charge in [-0.15, -0.1) is 0 Å². The third-order valence-electron chi connectivity index (χ3n) is 1.50. The second-order valence-electron chi connectivity index (χ2n) is 2.81. The summed E-state index contributed by atoms with van der Waals surface area (Å²) < 4.78 is 0. The lowest BCUT2D eigenvalue weighted by Gasteiger charge is -2.19. The fourth-order valence-electron chi connectivity index (χ4n) is 0.635. The molecular formula is C11H30N4. The van der Waals surface area contributed by atoms with Gasteiger partial charge in [0.2, 0.25) is 0 Å². The van der Waals surface area contributed by atoms with Gasteiger partial charge in [-0.25, -0.2) is 0 Å². The van der Waals surface area contributed by atoms with Crippen LogP contribution in [-0.4, -0.2) is 57.0 Å². The third-order valence-corrected chi connectivity index (χ3v) is 1.50. The van der Waals surface area contributed by atoms with E-state index in [-0.39, 0.29) is 0 Å². The van der Waals surface area contributed by atoms with E-state index in [2.05, 4.69) is 9.89 Å². The van der Waals surface area contributed by atoms with Crippen LogP contribution >= 0.6 is 0 Å². The molecule has 0 fully saturated rings. The second kappa shape index (κ2) is 15.7. The molecule has 0 aromatic rings.